The average Bonchev–Trinajstić information content (AvgIpc) is 2.13. The van der Waals surface area contributed by atoms with E-state index in [1.807, 2.05) is 13.8 Å². The lowest BCUT2D eigenvalue weighted by Gasteiger charge is -2.30. The Hall–Kier alpha value is -0.900. The van der Waals surface area contributed by atoms with Crippen molar-refractivity contribution in [3.8, 4) is 0 Å². The Morgan fingerprint density at radius 2 is 1.79 bits per heavy atom. The van der Waals surface area contributed by atoms with Crippen molar-refractivity contribution in [1.82, 2.24) is 5.32 Å². The maximum Gasteiger partial charge on any atom is 0.227 e. The summed E-state index contributed by atoms with van der Waals surface area (Å²) in [6.45, 7) is 5.07. The van der Waals surface area contributed by atoms with Gasteiger partial charge in [-0.3, -0.25) is 9.59 Å². The van der Waals surface area contributed by atoms with Crippen LogP contribution in [-0.4, -0.2) is 28.9 Å². The highest BCUT2D eigenvalue weighted by Crippen LogP contribution is 2.14. The van der Waals surface area contributed by atoms with Crippen LogP contribution in [0.2, 0.25) is 0 Å². The average molecular weight is 201 g/mol. The molecule has 0 aromatic heterocycles. The van der Waals surface area contributed by atoms with E-state index in [1.165, 1.54) is 6.92 Å². The van der Waals surface area contributed by atoms with Crippen molar-refractivity contribution in [2.24, 2.45) is 0 Å². The number of aliphatic hydroxyl groups excluding tert-OH is 1. The van der Waals surface area contributed by atoms with Gasteiger partial charge in [0, 0.05) is 0 Å². The third-order valence-electron chi connectivity index (χ3n) is 2.47. The predicted octanol–water partition coefficient (Wildman–Crippen LogP) is 0.633. The van der Waals surface area contributed by atoms with Crippen LogP contribution < -0.4 is 5.32 Å². The van der Waals surface area contributed by atoms with E-state index in [9.17, 15) is 9.59 Å². The van der Waals surface area contributed by atoms with Gasteiger partial charge in [0.05, 0.1) is 18.6 Å². The molecule has 0 saturated carbocycles. The van der Waals surface area contributed by atoms with E-state index in [-0.39, 0.29) is 24.7 Å². The summed E-state index contributed by atoms with van der Waals surface area (Å²) < 4.78 is 0. The summed E-state index contributed by atoms with van der Waals surface area (Å²) in [6.07, 6.45) is 1.20. The van der Waals surface area contributed by atoms with Gasteiger partial charge >= 0.3 is 0 Å². The third-order valence-corrected chi connectivity index (χ3v) is 2.47. The first-order valence-corrected chi connectivity index (χ1v) is 4.91. The highest BCUT2D eigenvalue weighted by atomic mass is 16.3. The minimum atomic E-state index is -0.563. The van der Waals surface area contributed by atoms with Crippen molar-refractivity contribution in [1.29, 1.82) is 0 Å². The number of hydrogen-bond acceptors (Lipinski definition) is 3. The normalized spacial score (nSPS) is 11.1. The summed E-state index contributed by atoms with van der Waals surface area (Å²) in [6, 6.07) is 0. The summed E-state index contributed by atoms with van der Waals surface area (Å²) >= 11 is 0. The first kappa shape index (κ1) is 13.1. The van der Waals surface area contributed by atoms with Gasteiger partial charge in [-0.15, -0.1) is 0 Å². The molecular formula is C10H19NO3. The topological polar surface area (TPSA) is 66.4 Å². The summed E-state index contributed by atoms with van der Waals surface area (Å²) in [5, 5.41) is 11.9. The quantitative estimate of drug-likeness (QED) is 0.619. The Bertz CT molecular complexity index is 201. The monoisotopic (exact) mass is 201 g/mol. The Labute approximate surface area is 84.7 Å². The molecule has 4 nitrogen and oxygen atoms in total. The summed E-state index contributed by atoms with van der Waals surface area (Å²) in [5.74, 6) is -0.475. The SMILES string of the molecule is CCC(CC)(CO)NC(=O)CC(C)=O. The number of amides is 1. The van der Waals surface area contributed by atoms with Crippen LogP contribution in [0.25, 0.3) is 0 Å². The fourth-order valence-corrected chi connectivity index (χ4v) is 1.26. The van der Waals surface area contributed by atoms with Crippen molar-refractivity contribution in [3.05, 3.63) is 0 Å². The molecule has 0 saturated heterocycles. The molecule has 14 heavy (non-hydrogen) atoms. The number of carbonyl (C=O) groups is 2. The lowest BCUT2D eigenvalue weighted by atomic mass is 9.93. The van der Waals surface area contributed by atoms with Crippen LogP contribution >= 0.6 is 0 Å². The molecule has 0 bridgehead atoms. The Balaban J connectivity index is 4.29. The second-order valence-electron chi connectivity index (χ2n) is 3.57. The van der Waals surface area contributed by atoms with Crippen LogP contribution in [0.5, 0.6) is 0 Å². The van der Waals surface area contributed by atoms with Gasteiger partial charge in [-0.25, -0.2) is 0 Å². The van der Waals surface area contributed by atoms with Crippen LogP contribution in [0.3, 0.4) is 0 Å². The maximum absolute atomic E-state index is 11.3. The second kappa shape index (κ2) is 5.75. The first-order chi connectivity index (χ1) is 6.49. The van der Waals surface area contributed by atoms with E-state index in [2.05, 4.69) is 5.32 Å². The zero-order valence-electron chi connectivity index (χ0n) is 9.09. The molecule has 0 unspecified atom stereocenters. The van der Waals surface area contributed by atoms with Crippen LogP contribution in [0, 0.1) is 0 Å². The van der Waals surface area contributed by atoms with Crippen molar-refractivity contribution in [3.63, 3.8) is 0 Å². The zero-order valence-corrected chi connectivity index (χ0v) is 9.09. The van der Waals surface area contributed by atoms with Crippen molar-refractivity contribution >= 4 is 11.7 Å². The van der Waals surface area contributed by atoms with E-state index in [0.29, 0.717) is 12.8 Å². The van der Waals surface area contributed by atoms with Gasteiger partial charge in [-0.2, -0.15) is 0 Å². The molecule has 1 amide bonds. The lowest BCUT2D eigenvalue weighted by Crippen LogP contribution is -2.50. The van der Waals surface area contributed by atoms with E-state index >= 15 is 0 Å². The molecule has 4 heteroatoms. The predicted molar refractivity (Wildman–Crippen MR) is 53.8 cm³/mol. The van der Waals surface area contributed by atoms with E-state index in [4.69, 9.17) is 5.11 Å². The Kier molecular flexibility index (Phi) is 5.38. The molecule has 0 aromatic rings. The minimum absolute atomic E-state index is 0.0936. The van der Waals surface area contributed by atoms with Gasteiger partial charge < -0.3 is 10.4 Å². The molecule has 0 rings (SSSR count). The van der Waals surface area contributed by atoms with Gasteiger partial charge in [0.15, 0.2) is 0 Å². The highest BCUT2D eigenvalue weighted by molar-refractivity contribution is 5.97. The maximum atomic E-state index is 11.3. The molecule has 0 aliphatic rings. The molecule has 0 spiro atoms. The molecule has 2 N–H and O–H groups in total. The van der Waals surface area contributed by atoms with Gasteiger partial charge in [-0.05, 0) is 19.8 Å². The van der Waals surface area contributed by atoms with E-state index in [0.717, 1.165) is 0 Å². The molecular weight excluding hydrogens is 182 g/mol. The van der Waals surface area contributed by atoms with Crippen LogP contribution in [0.1, 0.15) is 40.0 Å². The van der Waals surface area contributed by atoms with Crippen LogP contribution in [-0.2, 0) is 9.59 Å². The molecule has 0 fully saturated rings. The molecule has 0 heterocycles. The standard InChI is InChI=1S/C10H19NO3/c1-4-10(5-2,7-12)11-9(14)6-8(3)13/h12H,4-7H2,1-3H3,(H,11,14). The first-order valence-electron chi connectivity index (χ1n) is 4.91. The molecule has 0 aliphatic heterocycles. The molecule has 0 aromatic carbocycles. The van der Waals surface area contributed by atoms with Gasteiger partial charge in [0.25, 0.3) is 0 Å². The number of rotatable bonds is 6. The van der Waals surface area contributed by atoms with Crippen molar-refractivity contribution < 1.29 is 14.7 Å². The lowest BCUT2D eigenvalue weighted by molar-refractivity contribution is -0.129. The van der Waals surface area contributed by atoms with Crippen molar-refractivity contribution in [2.75, 3.05) is 6.61 Å². The molecule has 0 aliphatic carbocycles. The fraction of sp³-hybridized carbons (Fsp3) is 0.800. The molecule has 0 atom stereocenters. The summed E-state index contributed by atoms with van der Waals surface area (Å²) in [7, 11) is 0. The number of hydrogen-bond donors (Lipinski definition) is 2. The van der Waals surface area contributed by atoms with Gasteiger partial charge in [0.1, 0.15) is 5.78 Å². The van der Waals surface area contributed by atoms with Crippen LogP contribution in [0.15, 0.2) is 0 Å². The largest absolute Gasteiger partial charge is 0.394 e. The Morgan fingerprint density at radius 1 is 1.29 bits per heavy atom. The van der Waals surface area contributed by atoms with Crippen molar-refractivity contribution in [2.45, 2.75) is 45.6 Å². The number of Topliss-reactive ketones (excluding diaryl/α,β-unsaturated/α-hetero) is 1. The van der Waals surface area contributed by atoms with Crippen LogP contribution in [0.4, 0.5) is 0 Å². The smallest absolute Gasteiger partial charge is 0.227 e. The van der Waals surface area contributed by atoms with E-state index in [1.54, 1.807) is 0 Å². The van der Waals surface area contributed by atoms with Gasteiger partial charge in [-0.1, -0.05) is 13.8 Å². The molecule has 82 valence electrons. The number of ketones is 1. The molecule has 0 radical (unpaired) electrons. The summed E-state index contributed by atoms with van der Waals surface area (Å²) in [4.78, 5) is 22.0. The zero-order chi connectivity index (χ0) is 11.2. The number of nitrogens with one attached hydrogen (secondary N) is 1. The number of carbonyl (C=O) groups excluding carboxylic acids is 2. The Morgan fingerprint density at radius 3 is 2.07 bits per heavy atom. The van der Waals surface area contributed by atoms with Gasteiger partial charge in [0.2, 0.25) is 5.91 Å². The summed E-state index contributed by atoms with van der Waals surface area (Å²) in [5.41, 5.74) is -0.563. The minimum Gasteiger partial charge on any atom is -0.394 e. The van der Waals surface area contributed by atoms with E-state index < -0.39 is 5.54 Å². The number of aliphatic hydroxyl groups is 1. The third kappa shape index (κ3) is 3.87. The highest BCUT2D eigenvalue weighted by Gasteiger charge is 2.27. The second-order valence-corrected chi connectivity index (χ2v) is 3.57. The fourth-order valence-electron chi connectivity index (χ4n) is 1.26.